The molecule has 0 aliphatic carbocycles. The van der Waals surface area contributed by atoms with Crippen LogP contribution in [0.1, 0.15) is 27.7 Å². The van der Waals surface area contributed by atoms with Gasteiger partial charge in [-0.05, 0) is 23.5 Å². The summed E-state index contributed by atoms with van der Waals surface area (Å²) >= 11 is 0. The second kappa shape index (κ2) is 4.32. The molecule has 0 aliphatic rings. The van der Waals surface area contributed by atoms with Gasteiger partial charge >= 0.3 is 0 Å². The van der Waals surface area contributed by atoms with Crippen LogP contribution in [0.2, 0.25) is 0 Å². The molecule has 0 spiro atoms. The first kappa shape index (κ1) is 9.48. The van der Waals surface area contributed by atoms with Crippen molar-refractivity contribution in [3.8, 4) is 0 Å². The van der Waals surface area contributed by atoms with Crippen molar-refractivity contribution in [1.82, 2.24) is 0 Å². The highest BCUT2D eigenvalue weighted by atomic mass is 14.0. The molecule has 0 fully saturated rings. The standard InChI is InChI=1S/C10H16/c1-8(2)6-7-10(5)9(3)4/h5,7-9H,1-4H3. The Labute approximate surface area is 64.6 Å². The van der Waals surface area contributed by atoms with Gasteiger partial charge in [0.2, 0.25) is 0 Å². The maximum Gasteiger partial charge on any atom is -0.0216 e. The molecule has 0 aromatic rings. The van der Waals surface area contributed by atoms with Crippen LogP contribution < -0.4 is 0 Å². The predicted octanol–water partition coefficient (Wildman–Crippen LogP) is 3.02. The van der Waals surface area contributed by atoms with E-state index in [1.807, 2.05) is 6.08 Å². The van der Waals surface area contributed by atoms with E-state index >= 15 is 0 Å². The Kier molecular flexibility index (Phi) is 4.10. The van der Waals surface area contributed by atoms with Crippen LogP contribution in [0.3, 0.4) is 0 Å². The van der Waals surface area contributed by atoms with Crippen LogP contribution in [-0.2, 0) is 0 Å². The van der Waals surface area contributed by atoms with Gasteiger partial charge in [-0.25, -0.2) is 0 Å². The molecule has 10 heavy (non-hydrogen) atoms. The SMILES string of the molecule is [CH]=C(/C=[C]/C(C)C)C(C)C. The molecular weight excluding hydrogens is 120 g/mol. The summed E-state index contributed by atoms with van der Waals surface area (Å²) in [6, 6.07) is 0. The second-order valence-corrected chi connectivity index (χ2v) is 3.12. The van der Waals surface area contributed by atoms with Crippen LogP contribution in [0.5, 0.6) is 0 Å². The van der Waals surface area contributed by atoms with Gasteiger partial charge in [0, 0.05) is 0 Å². The van der Waals surface area contributed by atoms with E-state index in [1.54, 1.807) is 0 Å². The molecule has 56 valence electrons. The largest absolute Gasteiger partial charge is 0.0587 e. The summed E-state index contributed by atoms with van der Waals surface area (Å²) in [4.78, 5) is 0. The molecule has 0 saturated carbocycles. The van der Waals surface area contributed by atoms with E-state index in [0.29, 0.717) is 11.8 Å². The quantitative estimate of drug-likeness (QED) is 0.523. The molecule has 0 aromatic heterocycles. The van der Waals surface area contributed by atoms with Crippen molar-refractivity contribution in [3.63, 3.8) is 0 Å². The average molecular weight is 136 g/mol. The van der Waals surface area contributed by atoms with Gasteiger partial charge in [-0.15, -0.1) is 0 Å². The molecule has 2 radical (unpaired) electrons. The van der Waals surface area contributed by atoms with E-state index in [9.17, 15) is 0 Å². The summed E-state index contributed by atoms with van der Waals surface area (Å²) < 4.78 is 0. The number of hydrogen-bond donors (Lipinski definition) is 0. The van der Waals surface area contributed by atoms with Crippen LogP contribution in [0.15, 0.2) is 11.6 Å². The van der Waals surface area contributed by atoms with Gasteiger partial charge < -0.3 is 0 Å². The summed E-state index contributed by atoms with van der Waals surface area (Å²) in [5.41, 5.74) is 0.911. The molecule has 0 saturated heterocycles. The molecule has 0 amide bonds. The lowest BCUT2D eigenvalue weighted by molar-refractivity contribution is 0.772. The van der Waals surface area contributed by atoms with Crippen molar-refractivity contribution in [2.24, 2.45) is 11.8 Å². The van der Waals surface area contributed by atoms with E-state index in [0.717, 1.165) is 5.57 Å². The Morgan fingerprint density at radius 2 is 1.80 bits per heavy atom. The van der Waals surface area contributed by atoms with Gasteiger partial charge in [-0.3, -0.25) is 0 Å². The van der Waals surface area contributed by atoms with Crippen LogP contribution in [0.4, 0.5) is 0 Å². The van der Waals surface area contributed by atoms with Crippen LogP contribution >= 0.6 is 0 Å². The molecular formula is C10H16. The molecule has 0 aliphatic heterocycles. The minimum absolute atomic E-state index is 0.436. The number of allylic oxidation sites excluding steroid dienone is 3. The normalized spacial score (nSPS) is 11.8. The molecule has 0 atom stereocenters. The van der Waals surface area contributed by atoms with Gasteiger partial charge in [0.1, 0.15) is 0 Å². The number of rotatable bonds is 3. The number of hydrogen-bond acceptors (Lipinski definition) is 0. The predicted molar refractivity (Wildman–Crippen MR) is 45.3 cm³/mol. The lowest BCUT2D eigenvalue weighted by atomic mass is 10.0. The van der Waals surface area contributed by atoms with E-state index in [-0.39, 0.29) is 0 Å². The first-order valence-electron chi connectivity index (χ1n) is 3.75. The zero-order valence-electron chi connectivity index (χ0n) is 7.31. The molecule has 0 unspecified atom stereocenters. The summed E-state index contributed by atoms with van der Waals surface area (Å²) in [6.07, 6.45) is 5.02. The maximum atomic E-state index is 5.66. The van der Waals surface area contributed by atoms with Crippen molar-refractivity contribution in [3.05, 3.63) is 24.3 Å². The fraction of sp³-hybridized carbons (Fsp3) is 0.600. The Bertz CT molecular complexity index is 127. The summed E-state index contributed by atoms with van der Waals surface area (Å²) in [5.74, 6) is 0.906. The molecule has 0 aromatic carbocycles. The second-order valence-electron chi connectivity index (χ2n) is 3.12. The molecule has 0 N–H and O–H groups in total. The minimum atomic E-state index is 0.436. The fourth-order valence-electron chi connectivity index (χ4n) is 0.430. The average Bonchev–Trinajstić information content (AvgIpc) is 1.82. The van der Waals surface area contributed by atoms with Gasteiger partial charge in [-0.1, -0.05) is 40.3 Å². The summed E-state index contributed by atoms with van der Waals surface area (Å²) in [7, 11) is 0. The topological polar surface area (TPSA) is 0 Å². The lowest BCUT2D eigenvalue weighted by Gasteiger charge is -2.02. The van der Waals surface area contributed by atoms with E-state index in [4.69, 9.17) is 6.58 Å². The zero-order valence-corrected chi connectivity index (χ0v) is 7.31. The smallest absolute Gasteiger partial charge is 0.0216 e. The highest BCUT2D eigenvalue weighted by Gasteiger charge is 1.94. The van der Waals surface area contributed by atoms with E-state index < -0.39 is 0 Å². The first-order chi connectivity index (χ1) is 4.54. The Morgan fingerprint density at radius 3 is 2.10 bits per heavy atom. The Balaban J connectivity index is 3.79. The molecule has 0 bridgehead atoms. The fourth-order valence-corrected chi connectivity index (χ4v) is 0.430. The highest BCUT2D eigenvalue weighted by molar-refractivity contribution is 5.12. The third kappa shape index (κ3) is 4.37. The minimum Gasteiger partial charge on any atom is -0.0587 e. The van der Waals surface area contributed by atoms with Crippen molar-refractivity contribution >= 4 is 0 Å². The first-order valence-corrected chi connectivity index (χ1v) is 3.75. The van der Waals surface area contributed by atoms with Gasteiger partial charge in [0.05, 0.1) is 0 Å². The molecule has 0 heteroatoms. The maximum absolute atomic E-state index is 5.66. The highest BCUT2D eigenvalue weighted by Crippen LogP contribution is 2.08. The van der Waals surface area contributed by atoms with Crippen molar-refractivity contribution in [1.29, 1.82) is 0 Å². The Morgan fingerprint density at radius 1 is 1.30 bits per heavy atom. The van der Waals surface area contributed by atoms with Crippen molar-refractivity contribution in [2.45, 2.75) is 27.7 Å². The van der Waals surface area contributed by atoms with Gasteiger partial charge in [-0.2, -0.15) is 0 Å². The summed E-state index contributed by atoms with van der Waals surface area (Å²) in [6.45, 7) is 14.0. The van der Waals surface area contributed by atoms with Gasteiger partial charge in [0.25, 0.3) is 0 Å². The van der Waals surface area contributed by atoms with E-state index in [1.165, 1.54) is 0 Å². The molecule has 0 nitrogen and oxygen atoms in total. The third-order valence-corrected chi connectivity index (χ3v) is 1.25. The van der Waals surface area contributed by atoms with Crippen LogP contribution in [-0.4, -0.2) is 0 Å². The van der Waals surface area contributed by atoms with Crippen molar-refractivity contribution < 1.29 is 0 Å². The van der Waals surface area contributed by atoms with Crippen molar-refractivity contribution in [2.75, 3.05) is 0 Å². The van der Waals surface area contributed by atoms with E-state index in [2.05, 4.69) is 33.8 Å². The Hall–Kier alpha value is -0.520. The third-order valence-electron chi connectivity index (χ3n) is 1.25. The lowest BCUT2D eigenvalue weighted by Crippen LogP contribution is -1.89. The monoisotopic (exact) mass is 136 g/mol. The van der Waals surface area contributed by atoms with Crippen LogP contribution in [0.25, 0.3) is 0 Å². The zero-order chi connectivity index (χ0) is 8.15. The molecule has 0 heterocycles. The van der Waals surface area contributed by atoms with Crippen LogP contribution in [0, 0.1) is 24.5 Å². The molecule has 0 rings (SSSR count). The van der Waals surface area contributed by atoms with Gasteiger partial charge in [0.15, 0.2) is 0 Å². The summed E-state index contributed by atoms with van der Waals surface area (Å²) in [5, 5.41) is 0.